The lowest BCUT2D eigenvalue weighted by molar-refractivity contribution is 0.674. The van der Waals surface area contributed by atoms with Crippen molar-refractivity contribution in [2.75, 3.05) is 6.54 Å². The normalized spacial score (nSPS) is 12.7. The number of fused-ring (bicyclic) bond motifs is 1. The molecule has 3 N–H and O–H groups in total. The molecule has 4 heteroatoms. The molecule has 0 spiro atoms. The van der Waals surface area contributed by atoms with E-state index in [1.807, 2.05) is 18.5 Å². The van der Waals surface area contributed by atoms with Crippen molar-refractivity contribution in [3.8, 4) is 11.1 Å². The van der Waals surface area contributed by atoms with Crippen LogP contribution >= 0.6 is 0 Å². The summed E-state index contributed by atoms with van der Waals surface area (Å²) in [6.07, 6.45) is 4.69. The lowest BCUT2D eigenvalue weighted by atomic mass is 9.93. The molecule has 3 aromatic rings. The van der Waals surface area contributed by atoms with Crippen molar-refractivity contribution in [1.29, 1.82) is 0 Å². The maximum absolute atomic E-state index is 5.85. The van der Waals surface area contributed by atoms with Crippen molar-refractivity contribution in [3.05, 3.63) is 48.3 Å². The molecule has 0 fully saturated rings. The number of hydrogen-bond donors (Lipinski definition) is 2. The first kappa shape index (κ1) is 12.8. The third-order valence-electron chi connectivity index (χ3n) is 3.80. The van der Waals surface area contributed by atoms with Crippen molar-refractivity contribution in [2.24, 2.45) is 5.73 Å². The van der Waals surface area contributed by atoms with E-state index >= 15 is 0 Å². The Hall–Kier alpha value is -2.20. The molecule has 0 aliphatic carbocycles. The molecule has 1 unspecified atom stereocenters. The quantitative estimate of drug-likeness (QED) is 0.762. The molecule has 2 aromatic heterocycles. The molecule has 0 bridgehead atoms. The maximum Gasteiger partial charge on any atom is 0.155 e. The molecular formula is C16H18N4. The van der Waals surface area contributed by atoms with Crippen molar-refractivity contribution in [1.82, 2.24) is 15.2 Å². The number of pyridine rings is 1. The van der Waals surface area contributed by atoms with E-state index in [4.69, 9.17) is 5.73 Å². The third kappa shape index (κ3) is 2.18. The van der Waals surface area contributed by atoms with E-state index in [1.165, 1.54) is 11.1 Å². The van der Waals surface area contributed by atoms with Crippen molar-refractivity contribution in [3.63, 3.8) is 0 Å². The van der Waals surface area contributed by atoms with Crippen LogP contribution in [0.1, 0.15) is 24.8 Å². The minimum atomic E-state index is 0.414. The third-order valence-corrected chi connectivity index (χ3v) is 3.80. The van der Waals surface area contributed by atoms with Gasteiger partial charge in [-0.15, -0.1) is 0 Å². The Kier molecular flexibility index (Phi) is 3.48. The van der Waals surface area contributed by atoms with Crippen LogP contribution in [-0.2, 0) is 0 Å². The average Bonchev–Trinajstić information content (AvgIpc) is 2.97. The number of rotatable bonds is 4. The van der Waals surface area contributed by atoms with Gasteiger partial charge in [0.2, 0.25) is 0 Å². The smallest absolute Gasteiger partial charge is 0.155 e. The minimum absolute atomic E-state index is 0.414. The highest BCUT2D eigenvalue weighted by Gasteiger charge is 2.10. The summed E-state index contributed by atoms with van der Waals surface area (Å²) >= 11 is 0. The Morgan fingerprint density at radius 3 is 3.00 bits per heavy atom. The highest BCUT2D eigenvalue weighted by atomic mass is 15.1. The first-order chi connectivity index (χ1) is 9.83. The fraction of sp³-hybridized carbons (Fsp3) is 0.250. The molecule has 20 heavy (non-hydrogen) atoms. The van der Waals surface area contributed by atoms with Gasteiger partial charge in [-0.25, -0.2) is 4.98 Å². The molecule has 1 aromatic carbocycles. The van der Waals surface area contributed by atoms with Gasteiger partial charge in [0.15, 0.2) is 5.65 Å². The van der Waals surface area contributed by atoms with Crippen LogP contribution in [0.4, 0.5) is 0 Å². The van der Waals surface area contributed by atoms with Gasteiger partial charge in [-0.05, 0) is 41.6 Å². The predicted molar refractivity (Wildman–Crippen MR) is 81.4 cm³/mol. The van der Waals surface area contributed by atoms with E-state index < -0.39 is 0 Å². The lowest BCUT2D eigenvalue weighted by Gasteiger charge is -2.14. The van der Waals surface area contributed by atoms with Crippen LogP contribution in [0.5, 0.6) is 0 Å². The summed E-state index contributed by atoms with van der Waals surface area (Å²) in [7, 11) is 0. The largest absolute Gasteiger partial charge is 0.330 e. The number of H-pyrrole nitrogens is 1. The zero-order valence-electron chi connectivity index (χ0n) is 11.5. The van der Waals surface area contributed by atoms with E-state index in [0.717, 1.165) is 23.0 Å². The van der Waals surface area contributed by atoms with Gasteiger partial charge in [0, 0.05) is 11.6 Å². The Bertz CT molecular complexity index is 713. The van der Waals surface area contributed by atoms with Crippen LogP contribution in [0.3, 0.4) is 0 Å². The molecule has 0 saturated carbocycles. The van der Waals surface area contributed by atoms with E-state index in [1.54, 1.807) is 0 Å². The minimum Gasteiger partial charge on any atom is -0.330 e. The Labute approximate surface area is 118 Å². The van der Waals surface area contributed by atoms with Gasteiger partial charge in [-0.3, -0.25) is 5.10 Å². The van der Waals surface area contributed by atoms with Crippen LogP contribution in [0.2, 0.25) is 0 Å². The van der Waals surface area contributed by atoms with Crippen LogP contribution in [0, 0.1) is 0 Å². The van der Waals surface area contributed by atoms with E-state index in [-0.39, 0.29) is 0 Å². The number of aromatic amines is 1. The van der Waals surface area contributed by atoms with Gasteiger partial charge in [-0.2, -0.15) is 5.10 Å². The second kappa shape index (κ2) is 5.43. The van der Waals surface area contributed by atoms with Crippen LogP contribution in [0.15, 0.2) is 42.7 Å². The summed E-state index contributed by atoms with van der Waals surface area (Å²) in [5, 5.41) is 8.02. The maximum atomic E-state index is 5.85. The van der Waals surface area contributed by atoms with E-state index in [9.17, 15) is 0 Å². The standard InChI is InChI=1S/C16H18N4/c1-2-11(9-17)12-4-3-5-13(8-12)14-6-7-18-16-15(14)10-19-20-16/h3-8,10-11H,2,9,17H2,1H3,(H,18,19,20). The van der Waals surface area contributed by atoms with Crippen LogP contribution in [0.25, 0.3) is 22.2 Å². The summed E-state index contributed by atoms with van der Waals surface area (Å²) < 4.78 is 0. The SMILES string of the molecule is CCC(CN)c1cccc(-c2ccnc3[nH]ncc23)c1. The number of hydrogen-bond acceptors (Lipinski definition) is 3. The molecular weight excluding hydrogens is 248 g/mol. The summed E-state index contributed by atoms with van der Waals surface area (Å²) in [5.74, 6) is 0.414. The Morgan fingerprint density at radius 2 is 2.20 bits per heavy atom. The summed E-state index contributed by atoms with van der Waals surface area (Å²) in [4.78, 5) is 4.28. The first-order valence-electron chi connectivity index (χ1n) is 6.92. The van der Waals surface area contributed by atoms with Gasteiger partial charge < -0.3 is 5.73 Å². The molecule has 0 aliphatic heterocycles. The Balaban J connectivity index is 2.10. The fourth-order valence-electron chi connectivity index (χ4n) is 2.60. The molecule has 0 aliphatic rings. The lowest BCUT2D eigenvalue weighted by Crippen LogP contribution is -2.11. The molecule has 0 amide bonds. The van der Waals surface area contributed by atoms with Gasteiger partial charge >= 0.3 is 0 Å². The van der Waals surface area contributed by atoms with Gasteiger partial charge in [0.25, 0.3) is 0 Å². The van der Waals surface area contributed by atoms with Crippen molar-refractivity contribution in [2.45, 2.75) is 19.3 Å². The zero-order chi connectivity index (χ0) is 13.9. The number of nitrogens with zero attached hydrogens (tertiary/aromatic N) is 2. The second-order valence-corrected chi connectivity index (χ2v) is 4.96. The second-order valence-electron chi connectivity index (χ2n) is 4.96. The molecule has 0 saturated heterocycles. The number of nitrogens with two attached hydrogens (primary N) is 1. The van der Waals surface area contributed by atoms with Crippen LogP contribution < -0.4 is 5.73 Å². The molecule has 102 valence electrons. The van der Waals surface area contributed by atoms with E-state index in [0.29, 0.717) is 12.5 Å². The molecule has 1 atom stereocenters. The van der Waals surface area contributed by atoms with Gasteiger partial charge in [0.05, 0.1) is 6.20 Å². The molecule has 2 heterocycles. The van der Waals surface area contributed by atoms with Crippen molar-refractivity contribution < 1.29 is 0 Å². The number of aromatic nitrogens is 3. The zero-order valence-corrected chi connectivity index (χ0v) is 11.5. The number of nitrogens with one attached hydrogen (secondary N) is 1. The highest BCUT2D eigenvalue weighted by Crippen LogP contribution is 2.29. The summed E-state index contributed by atoms with van der Waals surface area (Å²) in [6.45, 7) is 2.85. The molecule has 4 nitrogen and oxygen atoms in total. The average molecular weight is 266 g/mol. The van der Waals surface area contributed by atoms with Crippen molar-refractivity contribution >= 4 is 11.0 Å². The van der Waals surface area contributed by atoms with Crippen LogP contribution in [-0.4, -0.2) is 21.7 Å². The van der Waals surface area contributed by atoms with E-state index in [2.05, 4.69) is 46.4 Å². The molecule has 3 rings (SSSR count). The fourth-order valence-corrected chi connectivity index (χ4v) is 2.60. The monoisotopic (exact) mass is 266 g/mol. The summed E-state index contributed by atoms with van der Waals surface area (Å²) in [6, 6.07) is 10.6. The van der Waals surface area contributed by atoms with Gasteiger partial charge in [-0.1, -0.05) is 31.2 Å². The van der Waals surface area contributed by atoms with Gasteiger partial charge in [0.1, 0.15) is 0 Å². The summed E-state index contributed by atoms with van der Waals surface area (Å²) in [5.41, 5.74) is 10.3. The first-order valence-corrected chi connectivity index (χ1v) is 6.92. The molecule has 0 radical (unpaired) electrons. The topological polar surface area (TPSA) is 67.6 Å². The Morgan fingerprint density at radius 1 is 1.30 bits per heavy atom. The predicted octanol–water partition coefficient (Wildman–Crippen LogP) is 3.08. The highest BCUT2D eigenvalue weighted by molar-refractivity contribution is 5.92. The number of benzene rings is 1.